The zero-order valence-electron chi connectivity index (χ0n) is 16.6. The topological polar surface area (TPSA) is 84.5 Å². The number of benzene rings is 3. The number of para-hydroxylation sites is 2. The lowest BCUT2D eigenvalue weighted by atomic mass is 10.1. The molecular formula is C24H22N2O4. The third-order valence-corrected chi connectivity index (χ3v) is 4.31. The van der Waals surface area contributed by atoms with Gasteiger partial charge in [0, 0.05) is 5.69 Å². The number of hydrogen-bond acceptors (Lipinski definition) is 4. The molecule has 0 aromatic heterocycles. The van der Waals surface area contributed by atoms with Gasteiger partial charge >= 0.3 is 5.97 Å². The van der Waals surface area contributed by atoms with Crippen LogP contribution in [-0.2, 0) is 20.7 Å². The molecule has 152 valence electrons. The molecule has 0 radical (unpaired) electrons. The zero-order valence-corrected chi connectivity index (χ0v) is 16.6. The van der Waals surface area contributed by atoms with Gasteiger partial charge < -0.3 is 15.4 Å². The number of amides is 2. The van der Waals surface area contributed by atoms with Gasteiger partial charge in [-0.15, -0.1) is 0 Å². The van der Waals surface area contributed by atoms with Crippen molar-refractivity contribution in [3.05, 3.63) is 95.6 Å². The molecule has 30 heavy (non-hydrogen) atoms. The molecule has 6 nitrogen and oxygen atoms in total. The Labute approximate surface area is 174 Å². The van der Waals surface area contributed by atoms with Crippen molar-refractivity contribution in [2.75, 3.05) is 17.2 Å². The molecule has 0 spiro atoms. The summed E-state index contributed by atoms with van der Waals surface area (Å²) in [6.45, 7) is 1.53. The van der Waals surface area contributed by atoms with Crippen LogP contribution in [0.15, 0.2) is 78.9 Å². The molecule has 0 saturated carbocycles. The highest BCUT2D eigenvalue weighted by atomic mass is 16.5. The summed E-state index contributed by atoms with van der Waals surface area (Å²) in [6.07, 6.45) is 0.0869. The highest BCUT2D eigenvalue weighted by Gasteiger charge is 2.14. The van der Waals surface area contributed by atoms with E-state index in [-0.39, 0.29) is 12.3 Å². The number of nitrogens with one attached hydrogen (secondary N) is 2. The molecule has 6 heteroatoms. The summed E-state index contributed by atoms with van der Waals surface area (Å²) in [6, 6.07) is 23.2. The van der Waals surface area contributed by atoms with Crippen LogP contribution < -0.4 is 10.6 Å². The van der Waals surface area contributed by atoms with Gasteiger partial charge in [-0.1, -0.05) is 60.2 Å². The Hall–Kier alpha value is -3.93. The number of ether oxygens (including phenoxy) is 1. The van der Waals surface area contributed by atoms with Crippen molar-refractivity contribution in [2.24, 2.45) is 0 Å². The van der Waals surface area contributed by atoms with Gasteiger partial charge in [-0.25, -0.2) is 0 Å². The van der Waals surface area contributed by atoms with Crippen LogP contribution in [0.4, 0.5) is 11.4 Å². The number of anilines is 2. The molecule has 0 atom stereocenters. The minimum atomic E-state index is -0.521. The summed E-state index contributed by atoms with van der Waals surface area (Å²) in [5.74, 6) is -1.37. The Bertz CT molecular complexity index is 1030. The average molecular weight is 402 g/mol. The van der Waals surface area contributed by atoms with E-state index in [1.165, 1.54) is 0 Å². The Morgan fingerprint density at radius 1 is 0.800 bits per heavy atom. The van der Waals surface area contributed by atoms with Crippen LogP contribution >= 0.6 is 0 Å². The van der Waals surface area contributed by atoms with E-state index in [9.17, 15) is 14.4 Å². The summed E-state index contributed by atoms with van der Waals surface area (Å²) in [5, 5.41) is 5.40. The van der Waals surface area contributed by atoms with E-state index >= 15 is 0 Å². The van der Waals surface area contributed by atoms with Crippen LogP contribution in [0.3, 0.4) is 0 Å². The number of esters is 1. The Morgan fingerprint density at radius 3 is 2.20 bits per heavy atom. The molecule has 2 N–H and O–H groups in total. The first-order valence-electron chi connectivity index (χ1n) is 9.48. The molecule has 0 aliphatic rings. The minimum absolute atomic E-state index is 0.0869. The lowest BCUT2D eigenvalue weighted by molar-refractivity contribution is -0.146. The van der Waals surface area contributed by atoms with Gasteiger partial charge in [-0.05, 0) is 36.8 Å². The summed E-state index contributed by atoms with van der Waals surface area (Å²) >= 11 is 0. The number of rotatable bonds is 7. The number of carbonyl (C=O) groups is 3. The first-order chi connectivity index (χ1) is 14.5. The molecule has 3 aromatic carbocycles. The Balaban J connectivity index is 1.55. The Morgan fingerprint density at radius 2 is 1.47 bits per heavy atom. The van der Waals surface area contributed by atoms with Crippen LogP contribution in [0, 0.1) is 6.92 Å². The van der Waals surface area contributed by atoms with Crippen LogP contribution in [-0.4, -0.2) is 24.4 Å². The Kier molecular flexibility index (Phi) is 6.95. The highest BCUT2D eigenvalue weighted by Crippen LogP contribution is 2.17. The van der Waals surface area contributed by atoms with Gasteiger partial charge in [0.1, 0.15) is 0 Å². The van der Waals surface area contributed by atoms with E-state index in [0.29, 0.717) is 16.9 Å². The zero-order chi connectivity index (χ0) is 21.3. The first kappa shape index (κ1) is 20.8. The van der Waals surface area contributed by atoms with E-state index < -0.39 is 18.5 Å². The predicted octanol–water partition coefficient (Wildman–Crippen LogP) is 3.97. The molecule has 0 saturated heterocycles. The van der Waals surface area contributed by atoms with Crippen molar-refractivity contribution in [3.63, 3.8) is 0 Å². The average Bonchev–Trinajstić information content (AvgIpc) is 2.75. The van der Waals surface area contributed by atoms with Crippen molar-refractivity contribution in [3.8, 4) is 0 Å². The van der Waals surface area contributed by atoms with Crippen LogP contribution in [0.2, 0.25) is 0 Å². The van der Waals surface area contributed by atoms with Crippen molar-refractivity contribution in [1.29, 1.82) is 0 Å². The SMILES string of the molecule is Cc1ccc(CC(=O)OCC(=O)Nc2ccccc2C(=O)Nc2ccccc2)cc1. The van der Waals surface area contributed by atoms with Crippen LogP contribution in [0.25, 0.3) is 0 Å². The molecule has 0 heterocycles. The largest absolute Gasteiger partial charge is 0.455 e. The standard InChI is InChI=1S/C24H22N2O4/c1-17-11-13-18(14-12-17)15-23(28)30-16-22(27)26-21-10-6-5-9-20(21)24(29)25-19-7-3-2-4-8-19/h2-14H,15-16H2,1H3,(H,25,29)(H,26,27). The molecule has 3 rings (SSSR count). The maximum absolute atomic E-state index is 12.6. The number of aryl methyl sites for hydroxylation is 1. The monoisotopic (exact) mass is 402 g/mol. The quantitative estimate of drug-likeness (QED) is 0.586. The summed E-state index contributed by atoms with van der Waals surface area (Å²) in [4.78, 5) is 36.8. The fourth-order valence-corrected chi connectivity index (χ4v) is 2.77. The van der Waals surface area contributed by atoms with E-state index in [1.807, 2.05) is 49.4 Å². The van der Waals surface area contributed by atoms with Gasteiger partial charge in [0.25, 0.3) is 11.8 Å². The second kappa shape index (κ2) is 10.0. The molecule has 0 fully saturated rings. The van der Waals surface area contributed by atoms with Gasteiger partial charge in [0.05, 0.1) is 17.7 Å². The maximum Gasteiger partial charge on any atom is 0.310 e. The lowest BCUT2D eigenvalue weighted by Gasteiger charge is -2.12. The fraction of sp³-hybridized carbons (Fsp3) is 0.125. The van der Waals surface area contributed by atoms with Crippen molar-refractivity contribution in [1.82, 2.24) is 0 Å². The molecule has 0 aliphatic heterocycles. The van der Waals surface area contributed by atoms with Crippen molar-refractivity contribution in [2.45, 2.75) is 13.3 Å². The maximum atomic E-state index is 12.6. The van der Waals surface area contributed by atoms with E-state index in [2.05, 4.69) is 10.6 Å². The highest BCUT2D eigenvalue weighted by molar-refractivity contribution is 6.10. The van der Waals surface area contributed by atoms with Gasteiger partial charge in [0.2, 0.25) is 0 Å². The van der Waals surface area contributed by atoms with Gasteiger partial charge in [0.15, 0.2) is 6.61 Å². The fourth-order valence-electron chi connectivity index (χ4n) is 2.77. The molecular weight excluding hydrogens is 380 g/mol. The van der Waals surface area contributed by atoms with Gasteiger partial charge in [-0.2, -0.15) is 0 Å². The number of hydrogen-bond donors (Lipinski definition) is 2. The van der Waals surface area contributed by atoms with Crippen LogP contribution in [0.5, 0.6) is 0 Å². The molecule has 0 unspecified atom stereocenters. The van der Waals surface area contributed by atoms with E-state index in [4.69, 9.17) is 4.74 Å². The van der Waals surface area contributed by atoms with E-state index in [1.54, 1.807) is 36.4 Å². The van der Waals surface area contributed by atoms with Crippen molar-refractivity contribution < 1.29 is 19.1 Å². The molecule has 2 amide bonds. The van der Waals surface area contributed by atoms with Gasteiger partial charge in [-0.3, -0.25) is 14.4 Å². The second-order valence-electron chi connectivity index (χ2n) is 6.74. The normalized spacial score (nSPS) is 10.2. The molecule has 0 aliphatic carbocycles. The molecule has 3 aromatic rings. The third-order valence-electron chi connectivity index (χ3n) is 4.31. The lowest BCUT2D eigenvalue weighted by Crippen LogP contribution is -2.23. The summed E-state index contributed by atoms with van der Waals surface area (Å²) < 4.78 is 5.05. The summed E-state index contributed by atoms with van der Waals surface area (Å²) in [7, 11) is 0. The van der Waals surface area contributed by atoms with Crippen LogP contribution in [0.1, 0.15) is 21.5 Å². The second-order valence-corrected chi connectivity index (χ2v) is 6.74. The third kappa shape index (κ3) is 6.04. The minimum Gasteiger partial charge on any atom is -0.455 e. The first-order valence-corrected chi connectivity index (χ1v) is 9.48. The predicted molar refractivity (Wildman–Crippen MR) is 115 cm³/mol. The number of carbonyl (C=O) groups excluding carboxylic acids is 3. The van der Waals surface area contributed by atoms with Crippen molar-refractivity contribution >= 4 is 29.2 Å². The smallest absolute Gasteiger partial charge is 0.310 e. The summed E-state index contributed by atoms with van der Waals surface area (Å²) in [5.41, 5.74) is 3.20. The molecule has 0 bridgehead atoms. The van der Waals surface area contributed by atoms with E-state index in [0.717, 1.165) is 11.1 Å².